The topological polar surface area (TPSA) is 84.2 Å². The van der Waals surface area contributed by atoms with E-state index in [0.717, 1.165) is 17.5 Å². The van der Waals surface area contributed by atoms with Gasteiger partial charge in [-0.1, -0.05) is 35.9 Å². The maximum absolute atomic E-state index is 12.2. The average molecular weight is 396 g/mol. The zero-order valence-corrected chi connectivity index (χ0v) is 16.1. The molecule has 0 aromatic heterocycles. The van der Waals surface area contributed by atoms with Crippen molar-refractivity contribution >= 4 is 41.5 Å². The summed E-state index contributed by atoms with van der Waals surface area (Å²) >= 11 is 5.89. The molecule has 7 heteroatoms. The van der Waals surface area contributed by atoms with Crippen molar-refractivity contribution in [2.45, 2.75) is 25.8 Å². The highest BCUT2D eigenvalue weighted by Crippen LogP contribution is 2.19. The highest BCUT2D eigenvalue weighted by Gasteiger charge is 2.16. The number of carbonyl (C=O) groups is 2. The standard InChI is InChI=1S/C19H22ClN3O2.ClH/c1-13(24)23-18(15-4-6-16(20)7-5-15)12-19(25)22-11-10-14-2-8-17(21)9-3-14;/h2-9,18H,10-12,21H2,1H3,(H,22,25)(H,23,24);1H. The van der Waals surface area contributed by atoms with Crippen LogP contribution in [0, 0.1) is 0 Å². The first-order valence-electron chi connectivity index (χ1n) is 8.07. The van der Waals surface area contributed by atoms with Gasteiger partial charge in [0.2, 0.25) is 11.8 Å². The number of hydrogen-bond donors (Lipinski definition) is 3. The van der Waals surface area contributed by atoms with E-state index in [2.05, 4.69) is 10.6 Å². The van der Waals surface area contributed by atoms with Gasteiger partial charge >= 0.3 is 0 Å². The van der Waals surface area contributed by atoms with Crippen LogP contribution in [-0.2, 0) is 16.0 Å². The number of benzene rings is 2. The van der Waals surface area contributed by atoms with Gasteiger partial charge in [-0.15, -0.1) is 12.4 Å². The van der Waals surface area contributed by atoms with Crippen LogP contribution in [-0.4, -0.2) is 18.4 Å². The number of nitrogens with two attached hydrogens (primary N) is 1. The van der Waals surface area contributed by atoms with Crippen molar-refractivity contribution < 1.29 is 9.59 Å². The number of nitrogen functional groups attached to an aromatic ring is 1. The molecule has 0 spiro atoms. The number of halogens is 2. The molecule has 0 heterocycles. The van der Waals surface area contributed by atoms with Gasteiger partial charge in [0.05, 0.1) is 12.5 Å². The predicted octanol–water partition coefficient (Wildman–Crippen LogP) is 3.27. The van der Waals surface area contributed by atoms with E-state index in [0.29, 0.717) is 17.3 Å². The molecule has 2 amide bonds. The summed E-state index contributed by atoms with van der Waals surface area (Å²) in [5, 5.41) is 6.30. The SMILES string of the molecule is CC(=O)NC(CC(=O)NCCc1ccc(N)cc1)c1ccc(Cl)cc1.Cl. The molecule has 0 aliphatic carbocycles. The van der Waals surface area contributed by atoms with E-state index in [1.54, 1.807) is 12.1 Å². The Labute approximate surface area is 164 Å². The van der Waals surface area contributed by atoms with Gasteiger partial charge in [0.15, 0.2) is 0 Å². The van der Waals surface area contributed by atoms with Gasteiger partial charge in [0.25, 0.3) is 0 Å². The minimum absolute atomic E-state index is 0. The molecular weight excluding hydrogens is 373 g/mol. The Morgan fingerprint density at radius 3 is 2.27 bits per heavy atom. The largest absolute Gasteiger partial charge is 0.399 e. The number of hydrogen-bond acceptors (Lipinski definition) is 3. The van der Waals surface area contributed by atoms with Crippen molar-refractivity contribution in [3.05, 3.63) is 64.7 Å². The summed E-state index contributed by atoms with van der Waals surface area (Å²) in [5.41, 5.74) is 8.31. The lowest BCUT2D eigenvalue weighted by molar-refractivity contribution is -0.122. The Kier molecular flexibility index (Phi) is 8.96. The van der Waals surface area contributed by atoms with Crippen LogP contribution in [0.25, 0.3) is 0 Å². The van der Waals surface area contributed by atoms with Crippen LogP contribution in [0.2, 0.25) is 5.02 Å². The third-order valence-corrected chi connectivity index (χ3v) is 4.01. The van der Waals surface area contributed by atoms with Crippen molar-refractivity contribution in [2.24, 2.45) is 0 Å². The molecule has 5 nitrogen and oxygen atoms in total. The summed E-state index contributed by atoms with van der Waals surface area (Å²) < 4.78 is 0. The first kappa shape index (κ1) is 21.8. The lowest BCUT2D eigenvalue weighted by atomic mass is 10.0. The van der Waals surface area contributed by atoms with E-state index in [4.69, 9.17) is 17.3 Å². The van der Waals surface area contributed by atoms with Crippen LogP contribution in [0.4, 0.5) is 5.69 Å². The summed E-state index contributed by atoms with van der Waals surface area (Å²) in [6.45, 7) is 1.96. The van der Waals surface area contributed by atoms with Gasteiger partial charge in [0.1, 0.15) is 0 Å². The van der Waals surface area contributed by atoms with Crippen molar-refractivity contribution in [1.29, 1.82) is 0 Å². The molecule has 1 unspecified atom stereocenters. The number of carbonyl (C=O) groups excluding carboxylic acids is 2. The molecule has 0 radical (unpaired) electrons. The molecule has 0 saturated heterocycles. The molecule has 26 heavy (non-hydrogen) atoms. The summed E-state index contributed by atoms with van der Waals surface area (Å²) in [4.78, 5) is 23.6. The molecule has 2 aromatic rings. The van der Waals surface area contributed by atoms with Crippen LogP contribution < -0.4 is 16.4 Å². The smallest absolute Gasteiger partial charge is 0.222 e. The molecule has 140 valence electrons. The van der Waals surface area contributed by atoms with E-state index >= 15 is 0 Å². The third kappa shape index (κ3) is 7.33. The van der Waals surface area contributed by atoms with Crippen LogP contribution >= 0.6 is 24.0 Å². The second-order valence-electron chi connectivity index (χ2n) is 5.85. The fourth-order valence-corrected chi connectivity index (χ4v) is 2.61. The summed E-state index contributed by atoms with van der Waals surface area (Å²) in [6, 6.07) is 14.3. The summed E-state index contributed by atoms with van der Waals surface area (Å²) in [7, 11) is 0. The number of amides is 2. The van der Waals surface area contributed by atoms with Gasteiger partial charge in [0, 0.05) is 24.2 Å². The van der Waals surface area contributed by atoms with E-state index in [9.17, 15) is 9.59 Å². The summed E-state index contributed by atoms with van der Waals surface area (Å²) in [5.74, 6) is -0.307. The molecule has 0 aliphatic heterocycles. The van der Waals surface area contributed by atoms with Gasteiger partial charge in [-0.2, -0.15) is 0 Å². The lowest BCUT2D eigenvalue weighted by Gasteiger charge is -2.18. The quantitative estimate of drug-likeness (QED) is 0.628. The van der Waals surface area contributed by atoms with Crippen molar-refractivity contribution in [2.75, 3.05) is 12.3 Å². The Bertz CT molecular complexity index is 719. The van der Waals surface area contributed by atoms with Gasteiger partial charge in [-0.25, -0.2) is 0 Å². The molecule has 2 aromatic carbocycles. The van der Waals surface area contributed by atoms with E-state index in [-0.39, 0.29) is 36.7 Å². The molecule has 4 N–H and O–H groups in total. The Morgan fingerprint density at radius 1 is 1.08 bits per heavy atom. The number of nitrogens with one attached hydrogen (secondary N) is 2. The Morgan fingerprint density at radius 2 is 1.69 bits per heavy atom. The zero-order valence-electron chi connectivity index (χ0n) is 14.5. The lowest BCUT2D eigenvalue weighted by Crippen LogP contribution is -2.33. The highest BCUT2D eigenvalue weighted by molar-refractivity contribution is 6.30. The molecule has 0 fully saturated rings. The minimum Gasteiger partial charge on any atom is -0.399 e. The summed E-state index contributed by atoms with van der Waals surface area (Å²) in [6.07, 6.45) is 0.890. The molecule has 0 bridgehead atoms. The van der Waals surface area contributed by atoms with E-state index < -0.39 is 0 Å². The maximum Gasteiger partial charge on any atom is 0.222 e. The molecule has 0 aliphatic rings. The first-order chi connectivity index (χ1) is 11.9. The van der Waals surface area contributed by atoms with Gasteiger partial charge in [-0.05, 0) is 41.8 Å². The molecular formula is C19H23Cl2N3O2. The Balaban J connectivity index is 0.00000338. The first-order valence-corrected chi connectivity index (χ1v) is 8.45. The Hall–Kier alpha value is -2.24. The average Bonchev–Trinajstić information content (AvgIpc) is 2.56. The van der Waals surface area contributed by atoms with Crippen LogP contribution in [0.1, 0.15) is 30.5 Å². The fourth-order valence-electron chi connectivity index (χ4n) is 2.48. The second-order valence-corrected chi connectivity index (χ2v) is 6.29. The second kappa shape index (κ2) is 10.7. The van der Waals surface area contributed by atoms with Crippen molar-refractivity contribution in [1.82, 2.24) is 10.6 Å². The van der Waals surface area contributed by atoms with E-state index in [1.165, 1.54) is 6.92 Å². The molecule has 1 atom stereocenters. The molecule has 2 rings (SSSR count). The highest BCUT2D eigenvalue weighted by atomic mass is 35.5. The van der Waals surface area contributed by atoms with Gasteiger partial charge in [-0.3, -0.25) is 9.59 Å². The van der Waals surface area contributed by atoms with Crippen LogP contribution in [0.3, 0.4) is 0 Å². The zero-order chi connectivity index (χ0) is 18.2. The van der Waals surface area contributed by atoms with Crippen LogP contribution in [0.5, 0.6) is 0 Å². The van der Waals surface area contributed by atoms with Crippen molar-refractivity contribution in [3.8, 4) is 0 Å². The number of anilines is 1. The van der Waals surface area contributed by atoms with E-state index in [1.807, 2.05) is 36.4 Å². The predicted molar refractivity (Wildman–Crippen MR) is 107 cm³/mol. The van der Waals surface area contributed by atoms with Gasteiger partial charge < -0.3 is 16.4 Å². The fraction of sp³-hybridized carbons (Fsp3) is 0.263. The minimum atomic E-state index is -0.383. The monoisotopic (exact) mass is 395 g/mol. The maximum atomic E-state index is 12.2. The van der Waals surface area contributed by atoms with Crippen LogP contribution in [0.15, 0.2) is 48.5 Å². The number of rotatable bonds is 7. The normalized spacial score (nSPS) is 11.2. The van der Waals surface area contributed by atoms with Crippen molar-refractivity contribution in [3.63, 3.8) is 0 Å². The third-order valence-electron chi connectivity index (χ3n) is 3.75. The molecule has 0 saturated carbocycles.